The van der Waals surface area contributed by atoms with Crippen LogP contribution in [0, 0.1) is 0 Å². The van der Waals surface area contributed by atoms with E-state index in [9.17, 15) is 18.0 Å². The van der Waals surface area contributed by atoms with Crippen LogP contribution in [0.1, 0.15) is 52.9 Å². The van der Waals surface area contributed by atoms with Crippen molar-refractivity contribution in [1.82, 2.24) is 9.62 Å². The van der Waals surface area contributed by atoms with Gasteiger partial charge in [0.1, 0.15) is 16.2 Å². The number of piperidine rings is 1. The Balaban J connectivity index is 1.95. The fourth-order valence-electron chi connectivity index (χ4n) is 3.18. The second-order valence-corrected chi connectivity index (χ2v) is 10.3. The number of hydrogen-bond acceptors (Lipinski definition) is 6. The summed E-state index contributed by atoms with van der Waals surface area (Å²) in [5.74, 6) is -0.0393. The van der Waals surface area contributed by atoms with Gasteiger partial charge < -0.3 is 20.1 Å². The minimum atomic E-state index is -3.71. The summed E-state index contributed by atoms with van der Waals surface area (Å²) < 4.78 is 38.0. The average Bonchev–Trinajstić information content (AvgIpc) is 2.70. The van der Waals surface area contributed by atoms with Crippen molar-refractivity contribution in [2.45, 2.75) is 63.4 Å². The number of nitrogens with zero attached hydrogens (tertiary/aromatic N) is 1. The molecule has 0 unspecified atom stereocenters. The van der Waals surface area contributed by atoms with Crippen molar-refractivity contribution in [3.8, 4) is 5.75 Å². The van der Waals surface area contributed by atoms with Crippen molar-refractivity contribution in [3.05, 3.63) is 18.2 Å². The first-order chi connectivity index (χ1) is 14.5. The molecule has 0 atom stereocenters. The zero-order chi connectivity index (χ0) is 23.1. The molecular weight excluding hydrogens is 422 g/mol. The van der Waals surface area contributed by atoms with Crippen molar-refractivity contribution in [3.63, 3.8) is 0 Å². The fraction of sp³-hybridized carbons (Fsp3) is 0.619. The van der Waals surface area contributed by atoms with Gasteiger partial charge in [0.25, 0.3) is 0 Å². The van der Waals surface area contributed by atoms with E-state index in [4.69, 9.17) is 9.47 Å². The highest BCUT2D eigenvalue weighted by Gasteiger charge is 2.29. The molecule has 2 rings (SSSR count). The summed E-state index contributed by atoms with van der Waals surface area (Å²) in [7, 11) is -2.30. The van der Waals surface area contributed by atoms with Crippen LogP contribution in [0.2, 0.25) is 0 Å². The highest BCUT2D eigenvalue weighted by Crippen LogP contribution is 2.31. The first-order valence-electron chi connectivity index (χ1n) is 10.5. The van der Waals surface area contributed by atoms with Crippen LogP contribution in [0.5, 0.6) is 5.75 Å². The van der Waals surface area contributed by atoms with Crippen LogP contribution in [0.15, 0.2) is 23.1 Å². The third-order valence-corrected chi connectivity index (χ3v) is 6.55. The van der Waals surface area contributed by atoms with Crippen molar-refractivity contribution < 1.29 is 27.5 Å². The fourth-order valence-corrected chi connectivity index (χ4v) is 4.88. The van der Waals surface area contributed by atoms with Crippen LogP contribution < -0.4 is 15.4 Å². The monoisotopic (exact) mass is 455 g/mol. The van der Waals surface area contributed by atoms with Crippen molar-refractivity contribution in [1.29, 1.82) is 0 Å². The SMILES string of the molecule is COc1ccc(NC(=O)CCCNC(=O)OC(C)(C)C)cc1S(=O)(=O)N1CCCCC1. The number of anilines is 1. The van der Waals surface area contributed by atoms with Crippen molar-refractivity contribution in [2.75, 3.05) is 32.1 Å². The van der Waals surface area contributed by atoms with Crippen LogP contribution in [0.3, 0.4) is 0 Å². The number of benzene rings is 1. The summed E-state index contributed by atoms with van der Waals surface area (Å²) in [5, 5.41) is 5.31. The molecule has 1 aromatic rings. The topological polar surface area (TPSA) is 114 Å². The number of sulfonamides is 1. The lowest BCUT2D eigenvalue weighted by molar-refractivity contribution is -0.116. The molecule has 10 heteroatoms. The lowest BCUT2D eigenvalue weighted by Crippen LogP contribution is -2.35. The van der Waals surface area contributed by atoms with E-state index in [-0.39, 0.29) is 23.0 Å². The predicted molar refractivity (Wildman–Crippen MR) is 118 cm³/mol. The summed E-state index contributed by atoms with van der Waals surface area (Å²) in [6, 6.07) is 4.57. The zero-order valence-electron chi connectivity index (χ0n) is 18.7. The maximum Gasteiger partial charge on any atom is 0.407 e. The first-order valence-corrected chi connectivity index (χ1v) is 11.9. The Bertz CT molecular complexity index is 874. The lowest BCUT2D eigenvalue weighted by Gasteiger charge is -2.26. The van der Waals surface area contributed by atoms with E-state index in [2.05, 4.69) is 10.6 Å². The number of amides is 2. The van der Waals surface area contributed by atoms with Gasteiger partial charge in [0.15, 0.2) is 0 Å². The number of hydrogen-bond donors (Lipinski definition) is 2. The molecule has 0 bridgehead atoms. The number of carbonyl (C=O) groups excluding carboxylic acids is 2. The molecule has 2 N–H and O–H groups in total. The molecular formula is C21H33N3O6S. The van der Waals surface area contributed by atoms with E-state index >= 15 is 0 Å². The second kappa shape index (κ2) is 10.8. The molecule has 1 aliphatic heterocycles. The van der Waals surface area contributed by atoms with E-state index in [1.54, 1.807) is 26.8 Å². The average molecular weight is 456 g/mol. The Morgan fingerprint density at radius 3 is 2.42 bits per heavy atom. The Morgan fingerprint density at radius 1 is 1.13 bits per heavy atom. The number of alkyl carbamates (subject to hydrolysis) is 1. The number of ether oxygens (including phenoxy) is 2. The molecule has 1 aromatic carbocycles. The molecule has 1 aliphatic rings. The summed E-state index contributed by atoms with van der Waals surface area (Å²) >= 11 is 0. The lowest BCUT2D eigenvalue weighted by atomic mass is 10.2. The Labute approximate surface area is 184 Å². The van der Waals surface area contributed by atoms with Crippen LogP contribution in [0.4, 0.5) is 10.5 Å². The van der Waals surface area contributed by atoms with Crippen LogP contribution in [0.25, 0.3) is 0 Å². The molecule has 0 saturated carbocycles. The summed E-state index contributed by atoms with van der Waals surface area (Å²) in [4.78, 5) is 23.9. The predicted octanol–water partition coefficient (Wildman–Crippen LogP) is 3.11. The second-order valence-electron chi connectivity index (χ2n) is 8.41. The van der Waals surface area contributed by atoms with Crippen LogP contribution in [-0.2, 0) is 19.6 Å². The highest BCUT2D eigenvalue weighted by atomic mass is 32.2. The maximum absolute atomic E-state index is 13.1. The summed E-state index contributed by atoms with van der Waals surface area (Å²) in [6.45, 7) is 6.57. The molecule has 1 saturated heterocycles. The third kappa shape index (κ3) is 7.70. The molecule has 1 heterocycles. The van der Waals surface area contributed by atoms with Gasteiger partial charge in [-0.2, -0.15) is 4.31 Å². The normalized spacial score (nSPS) is 15.2. The van der Waals surface area contributed by atoms with Gasteiger partial charge in [0.2, 0.25) is 15.9 Å². The number of rotatable bonds is 8. The molecule has 0 aliphatic carbocycles. The Morgan fingerprint density at radius 2 is 1.81 bits per heavy atom. The van der Waals surface area contributed by atoms with Gasteiger partial charge in [-0.1, -0.05) is 6.42 Å². The Hall–Kier alpha value is -2.33. The molecule has 2 amide bonds. The van der Waals surface area contributed by atoms with E-state index in [0.717, 1.165) is 19.3 Å². The number of nitrogens with one attached hydrogen (secondary N) is 2. The van der Waals surface area contributed by atoms with E-state index < -0.39 is 21.7 Å². The van der Waals surface area contributed by atoms with Gasteiger partial charge in [0.05, 0.1) is 7.11 Å². The molecule has 1 fully saturated rings. The van der Waals surface area contributed by atoms with Gasteiger partial charge in [-0.3, -0.25) is 4.79 Å². The highest BCUT2D eigenvalue weighted by molar-refractivity contribution is 7.89. The van der Waals surface area contributed by atoms with Crippen LogP contribution >= 0.6 is 0 Å². The van der Waals surface area contributed by atoms with Crippen molar-refractivity contribution >= 4 is 27.7 Å². The molecule has 0 radical (unpaired) electrons. The van der Waals surface area contributed by atoms with Gasteiger partial charge in [-0.05, 0) is 58.2 Å². The van der Waals surface area contributed by atoms with Gasteiger partial charge >= 0.3 is 6.09 Å². The van der Waals surface area contributed by atoms with Gasteiger partial charge in [-0.25, -0.2) is 13.2 Å². The Kier molecular flexibility index (Phi) is 8.69. The summed E-state index contributed by atoms with van der Waals surface area (Å²) in [6.07, 6.45) is 2.72. The molecule has 0 spiro atoms. The molecule has 31 heavy (non-hydrogen) atoms. The maximum atomic E-state index is 13.1. The van der Waals surface area contributed by atoms with Crippen LogP contribution in [-0.4, -0.2) is 57.1 Å². The van der Waals surface area contributed by atoms with E-state index in [1.165, 1.54) is 23.5 Å². The van der Waals surface area contributed by atoms with E-state index in [1.807, 2.05) is 0 Å². The van der Waals surface area contributed by atoms with E-state index in [0.29, 0.717) is 31.7 Å². The largest absolute Gasteiger partial charge is 0.495 e. The smallest absolute Gasteiger partial charge is 0.407 e. The molecule has 0 aromatic heterocycles. The third-order valence-electron chi connectivity index (χ3n) is 4.63. The quantitative estimate of drug-likeness (QED) is 0.582. The van der Waals surface area contributed by atoms with Gasteiger partial charge in [-0.15, -0.1) is 0 Å². The molecule has 9 nitrogen and oxygen atoms in total. The van der Waals surface area contributed by atoms with Crippen molar-refractivity contribution in [2.24, 2.45) is 0 Å². The minimum Gasteiger partial charge on any atom is -0.495 e. The summed E-state index contributed by atoms with van der Waals surface area (Å²) in [5.41, 5.74) is -0.205. The number of carbonyl (C=O) groups is 2. The molecule has 174 valence electrons. The standard InChI is InChI=1S/C21H33N3O6S/c1-21(2,3)30-20(26)22-12-8-9-19(25)23-16-10-11-17(29-4)18(15-16)31(27,28)24-13-6-5-7-14-24/h10-11,15H,5-9,12-14H2,1-4H3,(H,22,26)(H,23,25). The first kappa shape index (κ1) is 24.9. The minimum absolute atomic E-state index is 0.0429. The van der Waals surface area contributed by atoms with Gasteiger partial charge in [0, 0.05) is 31.7 Å². The number of methoxy groups -OCH3 is 1. The zero-order valence-corrected chi connectivity index (χ0v) is 19.5.